The number of nitrogens with one attached hydrogen (secondary N) is 1. The summed E-state index contributed by atoms with van der Waals surface area (Å²) >= 11 is 0. The molecule has 0 radical (unpaired) electrons. The van der Waals surface area contributed by atoms with E-state index in [9.17, 15) is 19.5 Å². The summed E-state index contributed by atoms with van der Waals surface area (Å²) in [5.41, 5.74) is 1.10. The minimum Gasteiger partial charge on any atom is -0.480 e. The first kappa shape index (κ1) is 21.3. The van der Waals surface area contributed by atoms with Gasteiger partial charge in [0.2, 0.25) is 5.91 Å². The van der Waals surface area contributed by atoms with Gasteiger partial charge in [0.05, 0.1) is 13.2 Å². The third-order valence-corrected chi connectivity index (χ3v) is 6.25. The van der Waals surface area contributed by atoms with Crippen molar-refractivity contribution in [2.75, 3.05) is 7.11 Å². The summed E-state index contributed by atoms with van der Waals surface area (Å²) in [5.74, 6) is -1.36. The monoisotopic (exact) mass is 402 g/mol. The van der Waals surface area contributed by atoms with Crippen LogP contribution in [-0.4, -0.2) is 59.1 Å². The molecule has 29 heavy (non-hydrogen) atoms. The number of rotatable bonds is 8. The lowest BCUT2D eigenvalue weighted by atomic mass is 10.0. The molecule has 3 rings (SSSR count). The fourth-order valence-corrected chi connectivity index (χ4v) is 4.79. The van der Waals surface area contributed by atoms with Gasteiger partial charge < -0.3 is 14.7 Å². The van der Waals surface area contributed by atoms with Gasteiger partial charge in [0.1, 0.15) is 12.1 Å². The third-order valence-electron chi connectivity index (χ3n) is 6.25. The highest BCUT2D eigenvalue weighted by Gasteiger charge is 2.49. The highest BCUT2D eigenvalue weighted by molar-refractivity contribution is 5.88. The molecule has 1 aliphatic carbocycles. The second-order valence-corrected chi connectivity index (χ2v) is 8.08. The Hall–Kier alpha value is -2.41. The Balaban J connectivity index is 1.67. The Labute approximate surface area is 171 Å². The lowest BCUT2D eigenvalue weighted by Gasteiger charge is -2.31. The Morgan fingerprint density at radius 2 is 1.97 bits per heavy atom. The number of esters is 1. The van der Waals surface area contributed by atoms with Crippen molar-refractivity contribution in [2.24, 2.45) is 5.92 Å². The predicted molar refractivity (Wildman–Crippen MR) is 107 cm³/mol. The van der Waals surface area contributed by atoms with Gasteiger partial charge >= 0.3 is 11.9 Å². The largest absolute Gasteiger partial charge is 0.480 e. The standard InChI is InChI=1S/C22H30N2O5/c1-14(20(25)24-18-10-6-9-16(18)13-19(24)21(26)27)23-17(22(28)29-2)12-11-15-7-4-3-5-8-15/h3-5,7-8,14,16-19,23H,6,9-13H2,1-2H3,(H,26,27). The fourth-order valence-electron chi connectivity index (χ4n) is 4.79. The number of carboxylic acids is 1. The predicted octanol–water partition coefficient (Wildman–Crippen LogP) is 1.99. The smallest absolute Gasteiger partial charge is 0.326 e. The van der Waals surface area contributed by atoms with E-state index in [0.717, 1.165) is 24.8 Å². The maximum absolute atomic E-state index is 13.2. The zero-order valence-electron chi connectivity index (χ0n) is 17.0. The van der Waals surface area contributed by atoms with Crippen molar-refractivity contribution in [2.45, 2.75) is 69.6 Å². The molecular formula is C22H30N2O5. The molecule has 1 aromatic carbocycles. The van der Waals surface area contributed by atoms with Crippen LogP contribution >= 0.6 is 0 Å². The maximum atomic E-state index is 13.2. The van der Waals surface area contributed by atoms with Crippen LogP contribution in [0.2, 0.25) is 0 Å². The number of amides is 1. The molecule has 1 heterocycles. The first-order valence-corrected chi connectivity index (χ1v) is 10.3. The van der Waals surface area contributed by atoms with Gasteiger partial charge in [-0.3, -0.25) is 14.9 Å². The average Bonchev–Trinajstić information content (AvgIpc) is 3.31. The Bertz CT molecular complexity index is 738. The summed E-state index contributed by atoms with van der Waals surface area (Å²) < 4.78 is 4.92. The lowest BCUT2D eigenvalue weighted by Crippen LogP contribution is -2.55. The minimum absolute atomic E-state index is 0.00579. The quantitative estimate of drug-likeness (QED) is 0.646. The molecule has 2 aliphatic rings. The van der Waals surface area contributed by atoms with Crippen LogP contribution in [0.4, 0.5) is 0 Å². The number of fused-ring (bicyclic) bond motifs is 1. The number of carboxylic acid groups (broad SMARTS) is 1. The molecule has 158 valence electrons. The van der Waals surface area contributed by atoms with Gasteiger partial charge in [-0.25, -0.2) is 4.79 Å². The second kappa shape index (κ2) is 9.39. The number of benzene rings is 1. The van der Waals surface area contributed by atoms with Crippen LogP contribution < -0.4 is 5.32 Å². The molecule has 5 unspecified atom stereocenters. The molecule has 0 aromatic heterocycles. The summed E-state index contributed by atoms with van der Waals surface area (Å²) in [5, 5.41) is 12.7. The van der Waals surface area contributed by atoms with Gasteiger partial charge in [-0.15, -0.1) is 0 Å². The van der Waals surface area contributed by atoms with Crippen LogP contribution in [0.5, 0.6) is 0 Å². The molecule has 1 saturated heterocycles. The molecule has 7 heteroatoms. The zero-order valence-corrected chi connectivity index (χ0v) is 17.0. The van der Waals surface area contributed by atoms with E-state index in [1.807, 2.05) is 30.3 Å². The minimum atomic E-state index is -0.950. The third kappa shape index (κ3) is 4.78. The summed E-state index contributed by atoms with van der Waals surface area (Å²) in [7, 11) is 1.33. The first-order valence-electron chi connectivity index (χ1n) is 10.3. The van der Waals surface area contributed by atoms with Crippen LogP contribution in [0.25, 0.3) is 0 Å². The van der Waals surface area contributed by atoms with Crippen LogP contribution in [0.3, 0.4) is 0 Å². The van der Waals surface area contributed by atoms with Gasteiger partial charge in [-0.05, 0) is 50.5 Å². The topological polar surface area (TPSA) is 95.9 Å². The number of hydrogen-bond donors (Lipinski definition) is 2. The number of likely N-dealkylation sites (tertiary alicyclic amines) is 1. The molecule has 0 bridgehead atoms. The molecular weight excluding hydrogens is 372 g/mol. The summed E-state index contributed by atoms with van der Waals surface area (Å²) in [6.07, 6.45) is 4.52. The summed E-state index contributed by atoms with van der Waals surface area (Å²) in [4.78, 5) is 38.7. The van der Waals surface area contributed by atoms with Gasteiger partial charge in [-0.2, -0.15) is 0 Å². The van der Waals surface area contributed by atoms with E-state index in [-0.39, 0.29) is 17.9 Å². The Morgan fingerprint density at radius 1 is 1.24 bits per heavy atom. The van der Waals surface area contributed by atoms with Gasteiger partial charge in [0, 0.05) is 6.04 Å². The Morgan fingerprint density at radius 3 is 2.62 bits per heavy atom. The van der Waals surface area contributed by atoms with Gasteiger partial charge in [-0.1, -0.05) is 36.8 Å². The normalized spacial score (nSPS) is 25.3. The SMILES string of the molecule is COC(=O)C(CCc1ccccc1)NC(C)C(=O)N1C(C(=O)O)CC2CCCC21. The molecule has 0 spiro atoms. The van der Waals surface area contributed by atoms with Crippen LogP contribution in [0.15, 0.2) is 30.3 Å². The number of aliphatic carboxylic acids is 1. The summed E-state index contributed by atoms with van der Waals surface area (Å²) in [6, 6.07) is 7.72. The molecule has 2 fully saturated rings. The van der Waals surface area contributed by atoms with Crippen molar-refractivity contribution in [3.05, 3.63) is 35.9 Å². The molecule has 5 atom stereocenters. The zero-order chi connectivity index (χ0) is 21.0. The molecule has 1 aromatic rings. The van der Waals surface area contributed by atoms with Gasteiger partial charge in [0.15, 0.2) is 0 Å². The van der Waals surface area contributed by atoms with E-state index in [1.54, 1.807) is 11.8 Å². The van der Waals surface area contributed by atoms with Crippen molar-refractivity contribution >= 4 is 17.8 Å². The number of hydrogen-bond acceptors (Lipinski definition) is 5. The molecule has 2 N–H and O–H groups in total. The van der Waals surface area contributed by atoms with E-state index in [4.69, 9.17) is 4.74 Å². The molecule has 1 aliphatic heterocycles. The van der Waals surface area contributed by atoms with E-state index in [0.29, 0.717) is 19.3 Å². The number of aryl methyl sites for hydroxylation is 1. The highest BCUT2D eigenvalue weighted by atomic mass is 16.5. The highest BCUT2D eigenvalue weighted by Crippen LogP contribution is 2.41. The average molecular weight is 402 g/mol. The number of methoxy groups -OCH3 is 1. The first-order chi connectivity index (χ1) is 13.9. The van der Waals surface area contributed by atoms with Crippen molar-refractivity contribution in [3.63, 3.8) is 0 Å². The number of carbonyl (C=O) groups excluding carboxylic acids is 2. The second-order valence-electron chi connectivity index (χ2n) is 8.08. The Kier molecular flexibility index (Phi) is 6.90. The van der Waals surface area contributed by atoms with E-state index in [1.165, 1.54) is 7.11 Å². The van der Waals surface area contributed by atoms with Gasteiger partial charge in [0.25, 0.3) is 0 Å². The number of ether oxygens (including phenoxy) is 1. The maximum Gasteiger partial charge on any atom is 0.326 e. The van der Waals surface area contributed by atoms with Crippen molar-refractivity contribution in [3.8, 4) is 0 Å². The van der Waals surface area contributed by atoms with Crippen molar-refractivity contribution in [1.82, 2.24) is 10.2 Å². The van der Waals surface area contributed by atoms with Crippen LogP contribution in [0.1, 0.15) is 44.6 Å². The fraction of sp³-hybridized carbons (Fsp3) is 0.591. The number of carbonyl (C=O) groups is 3. The number of nitrogens with zero attached hydrogens (tertiary/aromatic N) is 1. The summed E-state index contributed by atoms with van der Waals surface area (Å²) in [6.45, 7) is 1.70. The molecule has 1 saturated carbocycles. The van der Waals surface area contributed by atoms with E-state index in [2.05, 4.69) is 5.32 Å². The van der Waals surface area contributed by atoms with Crippen molar-refractivity contribution < 1.29 is 24.2 Å². The molecule has 7 nitrogen and oxygen atoms in total. The van der Waals surface area contributed by atoms with Crippen LogP contribution in [0, 0.1) is 5.92 Å². The van der Waals surface area contributed by atoms with E-state index < -0.39 is 30.1 Å². The van der Waals surface area contributed by atoms with E-state index >= 15 is 0 Å². The van der Waals surface area contributed by atoms with Crippen molar-refractivity contribution in [1.29, 1.82) is 0 Å². The van der Waals surface area contributed by atoms with Crippen LogP contribution in [-0.2, 0) is 25.5 Å². The lowest BCUT2D eigenvalue weighted by molar-refractivity contribution is -0.151. The molecule has 1 amide bonds.